The van der Waals surface area contributed by atoms with Crippen LogP contribution in [0.1, 0.15) is 71.2 Å². The summed E-state index contributed by atoms with van der Waals surface area (Å²) in [4.78, 5) is 69.3. The van der Waals surface area contributed by atoms with Crippen molar-refractivity contribution in [1.29, 1.82) is 0 Å². The maximum Gasteiger partial charge on any atom is 0.359 e. The summed E-state index contributed by atoms with van der Waals surface area (Å²) in [5.74, 6) is -6.94. The van der Waals surface area contributed by atoms with E-state index in [1.807, 2.05) is 0 Å². The Morgan fingerprint density at radius 1 is 0.961 bits per heavy atom. The minimum absolute atomic E-state index is 0.0233. The van der Waals surface area contributed by atoms with E-state index in [9.17, 15) is 29.4 Å². The number of carbonyl (C=O) groups excluding carboxylic acids is 5. The molecular formula is C34H39Cl6O10P. The number of benzene rings is 1. The molecular weight excluding hydrogens is 812 g/mol. The highest BCUT2D eigenvalue weighted by Crippen LogP contribution is 2.66. The summed E-state index contributed by atoms with van der Waals surface area (Å²) in [6.45, 7) is 8.18. The van der Waals surface area contributed by atoms with Crippen molar-refractivity contribution < 1.29 is 48.4 Å². The van der Waals surface area contributed by atoms with Gasteiger partial charge in [0.2, 0.25) is 0 Å². The summed E-state index contributed by atoms with van der Waals surface area (Å²) in [6.07, 6.45) is -3.45. The molecule has 4 rings (SSSR count). The Hall–Kier alpha value is -1.20. The first-order valence-electron chi connectivity index (χ1n) is 16.0. The summed E-state index contributed by atoms with van der Waals surface area (Å²) < 4.78 is 12.4. The van der Waals surface area contributed by atoms with E-state index >= 15 is 4.79 Å². The van der Waals surface area contributed by atoms with Crippen LogP contribution in [0, 0.1) is 22.7 Å². The average molecular weight is 851 g/mol. The molecule has 0 aliphatic heterocycles. The second-order valence-electron chi connectivity index (χ2n) is 14.2. The van der Waals surface area contributed by atoms with Crippen LogP contribution in [0.15, 0.2) is 41.5 Å². The Balaban J connectivity index is 2.18. The van der Waals surface area contributed by atoms with Gasteiger partial charge >= 0.3 is 17.9 Å². The van der Waals surface area contributed by atoms with E-state index in [1.54, 1.807) is 58.0 Å². The fraction of sp³-hybridized carbons (Fsp3) is 0.618. The smallest absolute Gasteiger partial charge is 0.359 e. The minimum Gasteiger partial charge on any atom is -0.458 e. The summed E-state index contributed by atoms with van der Waals surface area (Å²) in [6, 6.07) is 8.26. The van der Waals surface area contributed by atoms with Crippen molar-refractivity contribution in [3.63, 3.8) is 0 Å². The standard InChI is InChI=1S/C34H39Cl6O10P/c1-16-12-13-32(47)25(51-26(44)19-10-8-7-9-11-19)23-30(6,24(43)22(21(16)29(32,4)5)49-28(46)34(38,39)40)20(48-27(45)33(35,36)37)14-17(2)31(23,15-41)50-18(3)42/h7-11,17,20,22-23,25,41,47,51H,12-15H2,1-6H3/t17?,20?,22?,23-,25-,30?,31-,32?/m0/s1. The molecule has 282 valence electrons. The van der Waals surface area contributed by atoms with Gasteiger partial charge in [-0.3, -0.25) is 14.4 Å². The third-order valence-corrected chi connectivity index (χ3v) is 13.7. The highest BCUT2D eigenvalue weighted by atomic mass is 35.6. The lowest BCUT2D eigenvalue weighted by molar-refractivity contribution is -0.245. The number of alkyl halides is 6. The third-order valence-electron chi connectivity index (χ3n) is 11.1. The molecule has 0 heterocycles. The lowest BCUT2D eigenvalue weighted by Crippen LogP contribution is -2.76. The number of allylic oxidation sites excluding steroid dienone is 1. The van der Waals surface area contributed by atoms with E-state index in [0.717, 1.165) is 6.92 Å². The maximum absolute atomic E-state index is 15.6. The van der Waals surface area contributed by atoms with Gasteiger partial charge in [0.25, 0.3) is 7.59 Å². The van der Waals surface area contributed by atoms with E-state index < -0.39 is 104 Å². The zero-order valence-corrected chi connectivity index (χ0v) is 34.1. The normalized spacial score (nSPS) is 33.9. The predicted octanol–water partition coefficient (Wildman–Crippen LogP) is 6.84. The van der Waals surface area contributed by atoms with Crippen LogP contribution in [0.5, 0.6) is 0 Å². The van der Waals surface area contributed by atoms with Crippen LogP contribution >= 0.6 is 78.2 Å². The Morgan fingerprint density at radius 2 is 1.51 bits per heavy atom. The summed E-state index contributed by atoms with van der Waals surface area (Å²) in [5, 5.41) is 24.7. The fourth-order valence-electron chi connectivity index (χ4n) is 8.48. The van der Waals surface area contributed by atoms with Crippen molar-refractivity contribution in [1.82, 2.24) is 0 Å². The van der Waals surface area contributed by atoms with E-state index in [0.29, 0.717) is 11.1 Å². The summed E-state index contributed by atoms with van der Waals surface area (Å²) in [5.41, 5.74) is -8.17. The van der Waals surface area contributed by atoms with Gasteiger partial charge < -0.3 is 24.4 Å². The van der Waals surface area contributed by atoms with Crippen LogP contribution in [-0.2, 0) is 33.4 Å². The van der Waals surface area contributed by atoms with Crippen molar-refractivity contribution in [2.45, 2.75) is 97.5 Å². The van der Waals surface area contributed by atoms with Crippen LogP contribution in [-0.4, -0.2) is 82.7 Å². The van der Waals surface area contributed by atoms with Crippen LogP contribution in [0.3, 0.4) is 0 Å². The van der Waals surface area contributed by atoms with Gasteiger partial charge in [-0.15, -0.1) is 0 Å². The van der Waals surface area contributed by atoms with Crippen LogP contribution in [0.4, 0.5) is 0 Å². The number of ether oxygens (including phenoxy) is 3. The first kappa shape index (κ1) is 42.5. The molecule has 0 aromatic heterocycles. The van der Waals surface area contributed by atoms with Gasteiger partial charge in [-0.1, -0.05) is 126 Å². The monoisotopic (exact) mass is 848 g/mol. The maximum atomic E-state index is 15.6. The van der Waals surface area contributed by atoms with Gasteiger partial charge in [0, 0.05) is 35.4 Å². The van der Waals surface area contributed by atoms with Crippen molar-refractivity contribution in [3.05, 3.63) is 47.0 Å². The largest absolute Gasteiger partial charge is 0.458 e. The molecule has 2 saturated carbocycles. The number of aliphatic hydroxyl groups excluding tert-OH is 1. The van der Waals surface area contributed by atoms with Crippen molar-refractivity contribution >= 4 is 107 Å². The molecule has 2 bridgehead atoms. The zero-order valence-electron chi connectivity index (χ0n) is 28.5. The molecule has 0 spiro atoms. The molecule has 6 unspecified atom stereocenters. The van der Waals surface area contributed by atoms with Gasteiger partial charge in [-0.25, -0.2) is 9.59 Å². The molecule has 0 amide bonds. The van der Waals surface area contributed by atoms with Gasteiger partial charge in [-0.2, -0.15) is 0 Å². The topological polar surface area (TPSA) is 154 Å². The van der Waals surface area contributed by atoms with E-state index in [2.05, 4.69) is 0 Å². The average Bonchev–Trinajstić information content (AvgIpc) is 3.02. The van der Waals surface area contributed by atoms with Crippen molar-refractivity contribution in [2.24, 2.45) is 22.7 Å². The number of hydrogen-bond donors (Lipinski definition) is 2. The predicted molar refractivity (Wildman–Crippen MR) is 196 cm³/mol. The number of aliphatic hydroxyl groups is 2. The fourth-order valence-corrected chi connectivity index (χ4v) is 10.9. The molecule has 2 fully saturated rings. The second-order valence-corrected chi connectivity index (χ2v) is 20.1. The highest BCUT2D eigenvalue weighted by Gasteiger charge is 2.74. The Morgan fingerprint density at radius 3 is 2.02 bits per heavy atom. The molecule has 3 aliphatic carbocycles. The number of hydrogen-bond acceptors (Lipinski definition) is 10. The van der Waals surface area contributed by atoms with Crippen LogP contribution in [0.2, 0.25) is 0 Å². The summed E-state index contributed by atoms with van der Waals surface area (Å²) in [7, 11) is -0.800. The number of esters is 3. The van der Waals surface area contributed by atoms with Gasteiger partial charge in [0.1, 0.15) is 11.7 Å². The first-order valence-corrected chi connectivity index (χ1v) is 19.3. The Bertz CT molecular complexity index is 1620. The zero-order chi connectivity index (χ0) is 38.7. The van der Waals surface area contributed by atoms with Gasteiger partial charge in [0.15, 0.2) is 17.4 Å². The number of Topliss-reactive ketones (excluding diaryl/α,β-unsaturated/α-hetero) is 1. The Labute approximate surface area is 327 Å². The molecule has 0 saturated heterocycles. The third kappa shape index (κ3) is 7.45. The molecule has 1 aromatic carbocycles. The molecule has 9 atom stereocenters. The van der Waals surface area contributed by atoms with Crippen LogP contribution in [0.25, 0.3) is 0 Å². The lowest BCUT2D eigenvalue weighted by atomic mass is 9.45. The van der Waals surface area contributed by atoms with E-state index in [4.69, 9.17) is 83.8 Å². The molecule has 51 heavy (non-hydrogen) atoms. The highest BCUT2D eigenvalue weighted by molar-refractivity contribution is 7.59. The molecule has 10 nitrogen and oxygen atoms in total. The van der Waals surface area contributed by atoms with Crippen molar-refractivity contribution in [2.75, 3.05) is 6.61 Å². The number of halogens is 6. The molecule has 2 N–H and O–H groups in total. The SMILES string of the molecule is CC(=O)O[C@@]1(CO)C(C)CC(OC(=O)C(Cl)(Cl)Cl)C2(C)C(=O)C(OC(=O)C(Cl)(Cl)Cl)C3=C(C)CCC(O)([C@@H](PC(=O)c4ccccc4)[C@@H]21)C3(C)C. The molecule has 3 aliphatic rings. The van der Waals surface area contributed by atoms with Gasteiger partial charge in [-0.05, 0) is 47.3 Å². The molecule has 1 aromatic rings. The number of carbonyl (C=O) groups is 5. The van der Waals surface area contributed by atoms with Crippen LogP contribution < -0.4 is 0 Å². The Kier molecular flexibility index (Phi) is 12.3. The van der Waals surface area contributed by atoms with Gasteiger partial charge in [0.05, 0.1) is 17.6 Å². The molecule has 0 radical (unpaired) electrons. The number of rotatable bonds is 7. The lowest BCUT2D eigenvalue weighted by Gasteiger charge is -2.65. The number of ketones is 1. The summed E-state index contributed by atoms with van der Waals surface area (Å²) >= 11 is 35.6. The number of fused-ring (bicyclic) bond motifs is 3. The second kappa shape index (κ2) is 14.8. The first-order chi connectivity index (χ1) is 23.3. The quantitative estimate of drug-likeness (QED) is 0.0980. The van der Waals surface area contributed by atoms with E-state index in [1.165, 1.54) is 6.92 Å². The molecule has 17 heteroatoms. The van der Waals surface area contributed by atoms with E-state index in [-0.39, 0.29) is 24.8 Å². The van der Waals surface area contributed by atoms with Crippen molar-refractivity contribution in [3.8, 4) is 0 Å². The minimum atomic E-state index is -2.65.